The quantitative estimate of drug-likeness (QED) is 0.422. The van der Waals surface area contributed by atoms with Crippen LogP contribution in [0.3, 0.4) is 0 Å². The standard InChI is InChI=1S/C18H18ClF3O4/c1-17(2,3)26-16(25)13(14(23)9-4-5-9)15(24)11-7-6-10(8-12(11)19)18(20,21)22/h6-9,13H,4-5H2,1-3H3. The van der Waals surface area contributed by atoms with E-state index in [9.17, 15) is 27.6 Å². The van der Waals surface area contributed by atoms with E-state index in [1.165, 1.54) is 0 Å². The van der Waals surface area contributed by atoms with Gasteiger partial charge in [-0.1, -0.05) is 11.6 Å². The molecule has 26 heavy (non-hydrogen) atoms. The number of carbonyl (C=O) groups excluding carboxylic acids is 3. The Morgan fingerprint density at radius 2 is 1.73 bits per heavy atom. The van der Waals surface area contributed by atoms with Gasteiger partial charge in [0.1, 0.15) is 5.60 Å². The maximum absolute atomic E-state index is 12.7. The highest BCUT2D eigenvalue weighted by atomic mass is 35.5. The molecule has 1 aromatic carbocycles. The molecule has 1 aliphatic carbocycles. The van der Waals surface area contributed by atoms with Crippen molar-refractivity contribution in [1.29, 1.82) is 0 Å². The molecule has 0 saturated heterocycles. The molecule has 0 N–H and O–H groups in total. The second kappa shape index (κ2) is 7.02. The molecule has 0 spiro atoms. The van der Waals surface area contributed by atoms with Gasteiger partial charge in [0, 0.05) is 11.5 Å². The van der Waals surface area contributed by atoms with Crippen LogP contribution in [-0.4, -0.2) is 23.1 Å². The van der Waals surface area contributed by atoms with Crippen molar-refractivity contribution in [2.24, 2.45) is 11.8 Å². The van der Waals surface area contributed by atoms with E-state index in [-0.39, 0.29) is 5.56 Å². The van der Waals surface area contributed by atoms with Crippen molar-refractivity contribution < 1.29 is 32.3 Å². The fourth-order valence-corrected chi connectivity index (χ4v) is 2.64. The molecule has 1 aliphatic rings. The molecule has 142 valence electrons. The molecule has 0 bridgehead atoms. The van der Waals surface area contributed by atoms with Gasteiger partial charge >= 0.3 is 12.1 Å². The maximum Gasteiger partial charge on any atom is 0.416 e. The summed E-state index contributed by atoms with van der Waals surface area (Å²) in [5.74, 6) is -4.69. The van der Waals surface area contributed by atoms with Gasteiger partial charge in [-0.2, -0.15) is 13.2 Å². The topological polar surface area (TPSA) is 60.4 Å². The third kappa shape index (κ3) is 4.84. The summed E-state index contributed by atoms with van der Waals surface area (Å²) in [4.78, 5) is 37.6. The highest BCUT2D eigenvalue weighted by molar-refractivity contribution is 6.36. The number of Topliss-reactive ketones (excluding diaryl/α,β-unsaturated/α-hetero) is 2. The fraction of sp³-hybridized carbons (Fsp3) is 0.500. The van der Waals surface area contributed by atoms with E-state index < -0.39 is 51.7 Å². The van der Waals surface area contributed by atoms with Crippen LogP contribution in [0.15, 0.2) is 18.2 Å². The van der Waals surface area contributed by atoms with E-state index in [4.69, 9.17) is 16.3 Å². The van der Waals surface area contributed by atoms with Crippen LogP contribution >= 0.6 is 11.6 Å². The zero-order valence-electron chi connectivity index (χ0n) is 14.4. The van der Waals surface area contributed by atoms with Crippen molar-refractivity contribution >= 4 is 29.1 Å². The molecule has 1 unspecified atom stereocenters. The largest absolute Gasteiger partial charge is 0.459 e. The zero-order valence-corrected chi connectivity index (χ0v) is 15.2. The first-order valence-corrected chi connectivity index (χ1v) is 8.36. The molecular formula is C18H18ClF3O4. The van der Waals surface area contributed by atoms with Crippen molar-refractivity contribution in [1.82, 2.24) is 0 Å². The number of hydrogen-bond acceptors (Lipinski definition) is 4. The summed E-state index contributed by atoms with van der Waals surface area (Å²) in [6.45, 7) is 4.75. The summed E-state index contributed by atoms with van der Waals surface area (Å²) in [6, 6.07) is 2.17. The third-order valence-corrected chi connectivity index (χ3v) is 4.04. The van der Waals surface area contributed by atoms with Crippen LogP contribution < -0.4 is 0 Å². The van der Waals surface area contributed by atoms with Gasteiger partial charge in [0.25, 0.3) is 0 Å². The summed E-state index contributed by atoms with van der Waals surface area (Å²) in [7, 11) is 0. The second-order valence-corrected chi connectivity index (χ2v) is 7.61. The summed E-state index contributed by atoms with van der Waals surface area (Å²) in [5.41, 5.74) is -2.27. The predicted octanol–water partition coefficient (Wildman–Crippen LogP) is 4.48. The molecule has 1 atom stereocenters. The Labute approximate surface area is 153 Å². The smallest absolute Gasteiger partial charge is 0.416 e. The van der Waals surface area contributed by atoms with Gasteiger partial charge in [0.15, 0.2) is 17.5 Å². The van der Waals surface area contributed by atoms with Gasteiger partial charge in [-0.15, -0.1) is 0 Å². The van der Waals surface area contributed by atoms with Gasteiger partial charge in [-0.25, -0.2) is 0 Å². The van der Waals surface area contributed by atoms with E-state index in [1.807, 2.05) is 0 Å². The zero-order chi connectivity index (χ0) is 19.9. The van der Waals surface area contributed by atoms with Crippen LogP contribution in [0.1, 0.15) is 49.5 Å². The molecule has 0 aromatic heterocycles. The van der Waals surface area contributed by atoms with E-state index in [0.717, 1.165) is 6.07 Å². The Morgan fingerprint density at radius 3 is 2.15 bits per heavy atom. The molecule has 1 fully saturated rings. The first kappa shape index (κ1) is 20.4. The number of benzene rings is 1. The SMILES string of the molecule is CC(C)(C)OC(=O)C(C(=O)c1ccc(C(F)(F)F)cc1Cl)C(=O)C1CC1. The Bertz CT molecular complexity index is 746. The highest BCUT2D eigenvalue weighted by Crippen LogP contribution is 2.36. The van der Waals surface area contributed by atoms with E-state index in [2.05, 4.69) is 0 Å². The number of ether oxygens (including phenoxy) is 1. The number of carbonyl (C=O) groups is 3. The van der Waals surface area contributed by atoms with Crippen LogP contribution in [0.4, 0.5) is 13.2 Å². The number of hydrogen-bond donors (Lipinski definition) is 0. The molecule has 2 rings (SSSR count). The normalized spacial score (nSPS) is 16.1. The molecule has 1 saturated carbocycles. The average molecular weight is 391 g/mol. The van der Waals surface area contributed by atoms with Crippen molar-refractivity contribution in [3.05, 3.63) is 34.3 Å². The van der Waals surface area contributed by atoms with E-state index in [1.54, 1.807) is 20.8 Å². The van der Waals surface area contributed by atoms with Crippen LogP contribution in [-0.2, 0) is 20.5 Å². The lowest BCUT2D eigenvalue weighted by molar-refractivity contribution is -0.160. The number of halogens is 4. The minimum absolute atomic E-state index is 0.315. The average Bonchev–Trinajstić information content (AvgIpc) is 3.28. The minimum atomic E-state index is -4.63. The number of alkyl halides is 3. The Hall–Kier alpha value is -1.89. The lowest BCUT2D eigenvalue weighted by Crippen LogP contribution is -2.38. The van der Waals surface area contributed by atoms with Gasteiger partial charge in [0.05, 0.1) is 10.6 Å². The van der Waals surface area contributed by atoms with Crippen molar-refractivity contribution in [3.63, 3.8) is 0 Å². The molecular weight excluding hydrogens is 373 g/mol. The summed E-state index contributed by atoms with van der Waals surface area (Å²) >= 11 is 5.83. The molecule has 4 nitrogen and oxygen atoms in total. The first-order chi connectivity index (χ1) is 11.8. The van der Waals surface area contributed by atoms with Crippen LogP contribution in [0, 0.1) is 11.8 Å². The van der Waals surface area contributed by atoms with Gasteiger partial charge in [0.2, 0.25) is 0 Å². The van der Waals surface area contributed by atoms with Crippen molar-refractivity contribution in [3.8, 4) is 0 Å². The summed E-state index contributed by atoms with van der Waals surface area (Å²) < 4.78 is 43.4. The minimum Gasteiger partial charge on any atom is -0.459 e. The Kier molecular flexibility index (Phi) is 5.52. The van der Waals surface area contributed by atoms with Crippen LogP contribution in [0.5, 0.6) is 0 Å². The van der Waals surface area contributed by atoms with E-state index >= 15 is 0 Å². The van der Waals surface area contributed by atoms with Gasteiger partial charge in [-0.05, 0) is 51.8 Å². The summed E-state index contributed by atoms with van der Waals surface area (Å²) in [5, 5.41) is -0.470. The predicted molar refractivity (Wildman–Crippen MR) is 87.9 cm³/mol. The number of ketones is 2. The molecule has 8 heteroatoms. The maximum atomic E-state index is 12.7. The third-order valence-electron chi connectivity index (χ3n) is 3.73. The van der Waals surface area contributed by atoms with Gasteiger partial charge in [-0.3, -0.25) is 14.4 Å². The molecule has 0 aliphatic heterocycles. The Balaban J connectivity index is 2.37. The lowest BCUT2D eigenvalue weighted by Gasteiger charge is -2.23. The molecule has 1 aromatic rings. The second-order valence-electron chi connectivity index (χ2n) is 7.20. The molecule has 0 amide bonds. The summed E-state index contributed by atoms with van der Waals surface area (Å²) in [6.07, 6.45) is -3.50. The highest BCUT2D eigenvalue weighted by Gasteiger charge is 2.45. The van der Waals surface area contributed by atoms with Gasteiger partial charge < -0.3 is 4.74 Å². The fourth-order valence-electron chi connectivity index (χ4n) is 2.36. The Morgan fingerprint density at radius 1 is 1.15 bits per heavy atom. The monoisotopic (exact) mass is 390 g/mol. The number of rotatable bonds is 5. The van der Waals surface area contributed by atoms with E-state index in [0.29, 0.717) is 25.0 Å². The lowest BCUT2D eigenvalue weighted by atomic mass is 9.90. The molecule has 0 radical (unpaired) electrons. The molecule has 0 heterocycles. The van der Waals surface area contributed by atoms with Crippen molar-refractivity contribution in [2.75, 3.05) is 0 Å². The van der Waals surface area contributed by atoms with Crippen LogP contribution in [0.25, 0.3) is 0 Å². The first-order valence-electron chi connectivity index (χ1n) is 7.99. The van der Waals surface area contributed by atoms with Crippen molar-refractivity contribution in [2.45, 2.75) is 45.4 Å². The van der Waals surface area contributed by atoms with Crippen LogP contribution in [0.2, 0.25) is 5.02 Å². The number of esters is 1.